The van der Waals surface area contributed by atoms with Crippen LogP contribution in [0.4, 0.5) is 17.5 Å². The summed E-state index contributed by atoms with van der Waals surface area (Å²) in [5.41, 5.74) is 6.87. The third-order valence-corrected chi connectivity index (χ3v) is 4.08. The Morgan fingerprint density at radius 1 is 0.840 bits per heavy atom. The maximum absolute atomic E-state index is 4.62. The number of nitrogens with zero attached hydrogens (tertiary/aromatic N) is 2. The second kappa shape index (κ2) is 7.34. The molecule has 0 fully saturated rings. The molecule has 0 aliphatic carbocycles. The van der Waals surface area contributed by atoms with E-state index in [0.29, 0.717) is 5.95 Å². The lowest BCUT2D eigenvalue weighted by atomic mass is 10.1. The van der Waals surface area contributed by atoms with Crippen molar-refractivity contribution in [2.24, 2.45) is 0 Å². The van der Waals surface area contributed by atoms with Gasteiger partial charge in [0.15, 0.2) is 0 Å². The van der Waals surface area contributed by atoms with Crippen LogP contribution < -0.4 is 10.6 Å². The summed E-state index contributed by atoms with van der Waals surface area (Å²) in [6, 6.07) is 16.6. The summed E-state index contributed by atoms with van der Waals surface area (Å²) >= 11 is 0. The monoisotopic (exact) mass is 332 g/mol. The van der Waals surface area contributed by atoms with Crippen molar-refractivity contribution in [3.8, 4) is 0 Å². The van der Waals surface area contributed by atoms with Gasteiger partial charge in [-0.05, 0) is 44.4 Å². The van der Waals surface area contributed by atoms with Crippen molar-refractivity contribution in [3.63, 3.8) is 0 Å². The largest absolute Gasteiger partial charge is 0.366 e. The first-order chi connectivity index (χ1) is 12.0. The van der Waals surface area contributed by atoms with Gasteiger partial charge >= 0.3 is 0 Å². The number of aromatic nitrogens is 2. The van der Waals surface area contributed by atoms with Crippen molar-refractivity contribution < 1.29 is 0 Å². The van der Waals surface area contributed by atoms with Gasteiger partial charge in [-0.2, -0.15) is 4.98 Å². The maximum Gasteiger partial charge on any atom is 0.229 e. The summed E-state index contributed by atoms with van der Waals surface area (Å²) in [5.74, 6) is 1.44. The van der Waals surface area contributed by atoms with Gasteiger partial charge in [-0.25, -0.2) is 4.98 Å². The van der Waals surface area contributed by atoms with Crippen LogP contribution in [-0.2, 0) is 6.54 Å². The van der Waals surface area contributed by atoms with Crippen LogP contribution in [0.25, 0.3) is 0 Å². The second-order valence-corrected chi connectivity index (χ2v) is 6.46. The third-order valence-electron chi connectivity index (χ3n) is 4.08. The fraction of sp³-hybridized carbons (Fsp3) is 0.238. The lowest BCUT2D eigenvalue weighted by molar-refractivity contribution is 1.06. The van der Waals surface area contributed by atoms with Crippen molar-refractivity contribution in [1.29, 1.82) is 0 Å². The fourth-order valence-electron chi connectivity index (χ4n) is 2.99. The quantitative estimate of drug-likeness (QED) is 0.685. The van der Waals surface area contributed by atoms with Crippen molar-refractivity contribution in [1.82, 2.24) is 9.97 Å². The summed E-state index contributed by atoms with van der Waals surface area (Å²) in [4.78, 5) is 9.14. The molecule has 0 aliphatic heterocycles. The van der Waals surface area contributed by atoms with Crippen molar-refractivity contribution in [2.75, 3.05) is 10.6 Å². The second-order valence-electron chi connectivity index (χ2n) is 6.46. The molecule has 128 valence electrons. The van der Waals surface area contributed by atoms with Crippen LogP contribution in [0.3, 0.4) is 0 Å². The highest BCUT2D eigenvalue weighted by Crippen LogP contribution is 2.25. The summed E-state index contributed by atoms with van der Waals surface area (Å²) < 4.78 is 0. The molecule has 3 aromatic rings. The van der Waals surface area contributed by atoms with Gasteiger partial charge < -0.3 is 10.6 Å². The third kappa shape index (κ3) is 4.35. The Balaban J connectivity index is 1.80. The fourth-order valence-corrected chi connectivity index (χ4v) is 2.99. The molecule has 2 N–H and O–H groups in total. The Morgan fingerprint density at radius 3 is 2.20 bits per heavy atom. The van der Waals surface area contributed by atoms with Gasteiger partial charge in [0.1, 0.15) is 5.82 Å². The SMILES string of the molecule is Cc1cc(C)c(Nc2nc(C)cc(NCc3ccccc3)n2)c(C)c1. The van der Waals surface area contributed by atoms with Crippen LogP contribution in [0.1, 0.15) is 27.9 Å². The molecule has 0 spiro atoms. The molecule has 4 nitrogen and oxygen atoms in total. The van der Waals surface area contributed by atoms with Crippen molar-refractivity contribution >= 4 is 17.5 Å². The zero-order valence-electron chi connectivity index (χ0n) is 15.2. The van der Waals surface area contributed by atoms with Crippen LogP contribution in [-0.4, -0.2) is 9.97 Å². The number of benzene rings is 2. The molecule has 0 saturated heterocycles. The average molecular weight is 332 g/mol. The Hall–Kier alpha value is -2.88. The minimum atomic E-state index is 0.616. The number of rotatable bonds is 5. The van der Waals surface area contributed by atoms with Crippen molar-refractivity contribution in [2.45, 2.75) is 34.2 Å². The van der Waals surface area contributed by atoms with E-state index in [9.17, 15) is 0 Å². The zero-order chi connectivity index (χ0) is 17.8. The van der Waals surface area contributed by atoms with Gasteiger partial charge in [0.2, 0.25) is 5.95 Å². The lowest BCUT2D eigenvalue weighted by Crippen LogP contribution is -2.06. The topological polar surface area (TPSA) is 49.8 Å². The highest BCUT2D eigenvalue weighted by atomic mass is 15.1. The number of hydrogen-bond donors (Lipinski definition) is 2. The van der Waals surface area contributed by atoms with E-state index in [1.807, 2.05) is 31.2 Å². The lowest BCUT2D eigenvalue weighted by Gasteiger charge is -2.14. The van der Waals surface area contributed by atoms with Gasteiger partial charge in [0, 0.05) is 24.0 Å². The van der Waals surface area contributed by atoms with E-state index < -0.39 is 0 Å². The van der Waals surface area contributed by atoms with Crippen LogP contribution in [0.2, 0.25) is 0 Å². The van der Waals surface area contributed by atoms with Gasteiger partial charge in [-0.15, -0.1) is 0 Å². The molecule has 1 aromatic heterocycles. The van der Waals surface area contributed by atoms with Crippen LogP contribution in [0.5, 0.6) is 0 Å². The molecule has 4 heteroatoms. The predicted octanol–water partition coefficient (Wildman–Crippen LogP) is 5.07. The van der Waals surface area contributed by atoms with Gasteiger partial charge in [0.05, 0.1) is 0 Å². The van der Waals surface area contributed by atoms with E-state index in [1.165, 1.54) is 22.3 Å². The minimum Gasteiger partial charge on any atom is -0.366 e. The highest BCUT2D eigenvalue weighted by Gasteiger charge is 2.08. The van der Waals surface area contributed by atoms with Gasteiger partial charge in [-0.3, -0.25) is 0 Å². The number of aryl methyl sites for hydroxylation is 4. The number of nitrogens with one attached hydrogen (secondary N) is 2. The van der Waals surface area contributed by atoms with E-state index in [2.05, 4.69) is 65.6 Å². The van der Waals surface area contributed by atoms with E-state index in [4.69, 9.17) is 0 Å². The van der Waals surface area contributed by atoms with Gasteiger partial charge in [-0.1, -0.05) is 48.0 Å². The predicted molar refractivity (Wildman–Crippen MR) is 104 cm³/mol. The molecule has 2 aromatic carbocycles. The Bertz CT molecular complexity index is 849. The smallest absolute Gasteiger partial charge is 0.229 e. The molecule has 3 rings (SSSR count). The minimum absolute atomic E-state index is 0.616. The van der Waals surface area contributed by atoms with Crippen LogP contribution in [0, 0.1) is 27.7 Å². The summed E-state index contributed by atoms with van der Waals surface area (Å²) in [6.45, 7) is 9.03. The first-order valence-corrected chi connectivity index (χ1v) is 8.49. The van der Waals surface area contributed by atoms with E-state index in [1.54, 1.807) is 0 Å². The summed E-state index contributed by atoms with van der Waals surface area (Å²) in [5, 5.41) is 6.76. The van der Waals surface area contributed by atoms with E-state index >= 15 is 0 Å². The Kier molecular flexibility index (Phi) is 4.98. The Labute approximate surface area is 149 Å². The van der Waals surface area contributed by atoms with E-state index in [-0.39, 0.29) is 0 Å². The molecule has 0 aliphatic rings. The molecule has 25 heavy (non-hydrogen) atoms. The standard InChI is InChI=1S/C21H24N4/c1-14-10-15(2)20(16(3)11-14)25-21-23-17(4)12-19(24-21)22-13-18-8-6-5-7-9-18/h5-12H,13H2,1-4H3,(H2,22,23,24,25). The summed E-state index contributed by atoms with van der Waals surface area (Å²) in [6.07, 6.45) is 0. The number of hydrogen-bond acceptors (Lipinski definition) is 4. The maximum atomic E-state index is 4.62. The average Bonchev–Trinajstić information content (AvgIpc) is 2.57. The zero-order valence-corrected chi connectivity index (χ0v) is 15.2. The normalized spacial score (nSPS) is 10.6. The molecule has 0 amide bonds. The Morgan fingerprint density at radius 2 is 1.52 bits per heavy atom. The molecule has 0 radical (unpaired) electrons. The molecule has 0 atom stereocenters. The molecular weight excluding hydrogens is 308 g/mol. The van der Waals surface area contributed by atoms with Crippen molar-refractivity contribution in [3.05, 3.63) is 76.5 Å². The molecule has 0 unspecified atom stereocenters. The van der Waals surface area contributed by atoms with Gasteiger partial charge in [0.25, 0.3) is 0 Å². The first-order valence-electron chi connectivity index (χ1n) is 8.49. The van der Waals surface area contributed by atoms with Crippen LogP contribution in [0.15, 0.2) is 48.5 Å². The van der Waals surface area contributed by atoms with E-state index in [0.717, 1.165) is 23.7 Å². The summed E-state index contributed by atoms with van der Waals surface area (Å²) in [7, 11) is 0. The van der Waals surface area contributed by atoms with Crippen LogP contribution >= 0.6 is 0 Å². The molecule has 0 bridgehead atoms. The molecular formula is C21H24N4. The number of anilines is 3. The highest BCUT2D eigenvalue weighted by molar-refractivity contribution is 5.64. The molecule has 0 saturated carbocycles. The molecule has 1 heterocycles. The first kappa shape index (κ1) is 17.0.